The molecule has 1 heteroatoms. The van der Waals surface area contributed by atoms with Crippen LogP contribution in [-0.2, 0) is 6.42 Å². The maximum atomic E-state index is 5.12. The molecule has 0 bridgehead atoms. The van der Waals surface area contributed by atoms with Crippen molar-refractivity contribution in [2.24, 2.45) is 0 Å². The summed E-state index contributed by atoms with van der Waals surface area (Å²) in [5.41, 5.74) is 0. The molecule has 0 atom stereocenters. The number of thiophene rings is 1. The molecule has 0 aliphatic rings. The van der Waals surface area contributed by atoms with Gasteiger partial charge in [-0.05, 0) is 24.3 Å². The number of hydrogen-bond acceptors (Lipinski definition) is 1. The molecule has 1 rings (SSSR count). The Balaban J connectivity index is 2.23. The van der Waals surface area contributed by atoms with Gasteiger partial charge in [-0.1, -0.05) is 6.07 Å². The Morgan fingerprint density at radius 3 is 3.10 bits per heavy atom. The first kappa shape index (κ1) is 7.37. The van der Waals surface area contributed by atoms with Gasteiger partial charge in [-0.3, -0.25) is 0 Å². The third-order valence-electron chi connectivity index (χ3n) is 1.32. The monoisotopic (exact) mass is 150 g/mol. The van der Waals surface area contributed by atoms with Crippen molar-refractivity contribution in [3.8, 4) is 12.3 Å². The van der Waals surface area contributed by atoms with Crippen molar-refractivity contribution in [3.05, 3.63) is 22.4 Å². The van der Waals surface area contributed by atoms with E-state index >= 15 is 0 Å². The van der Waals surface area contributed by atoms with Crippen molar-refractivity contribution < 1.29 is 0 Å². The van der Waals surface area contributed by atoms with E-state index in [2.05, 4.69) is 23.4 Å². The molecular weight excluding hydrogens is 140 g/mol. The Morgan fingerprint density at radius 1 is 1.60 bits per heavy atom. The minimum atomic E-state index is 0.901. The second-order valence-corrected chi connectivity index (χ2v) is 3.17. The van der Waals surface area contributed by atoms with Gasteiger partial charge in [0, 0.05) is 11.3 Å². The van der Waals surface area contributed by atoms with Crippen LogP contribution in [0.2, 0.25) is 0 Å². The van der Waals surface area contributed by atoms with Gasteiger partial charge in [-0.2, -0.15) is 0 Å². The smallest absolute Gasteiger partial charge is 0.00895 e. The fourth-order valence-electron chi connectivity index (χ4n) is 0.820. The summed E-state index contributed by atoms with van der Waals surface area (Å²) in [5, 5.41) is 2.10. The van der Waals surface area contributed by atoms with Crippen LogP contribution >= 0.6 is 11.3 Å². The molecule has 52 valence electrons. The van der Waals surface area contributed by atoms with Crippen LogP contribution in [0.3, 0.4) is 0 Å². The molecule has 0 saturated carbocycles. The van der Waals surface area contributed by atoms with E-state index in [1.165, 1.54) is 4.88 Å². The molecule has 1 aromatic rings. The molecule has 0 aliphatic heterocycles. The first-order valence-corrected chi connectivity index (χ1v) is 4.27. The molecule has 0 fully saturated rings. The van der Waals surface area contributed by atoms with Gasteiger partial charge in [0.25, 0.3) is 0 Å². The van der Waals surface area contributed by atoms with E-state index < -0.39 is 0 Å². The topological polar surface area (TPSA) is 0 Å². The van der Waals surface area contributed by atoms with Crippen molar-refractivity contribution >= 4 is 11.3 Å². The lowest BCUT2D eigenvalue weighted by Gasteiger charge is -1.90. The quantitative estimate of drug-likeness (QED) is 0.459. The van der Waals surface area contributed by atoms with Crippen LogP contribution in [0.5, 0.6) is 0 Å². The summed E-state index contributed by atoms with van der Waals surface area (Å²) in [6, 6.07) is 4.23. The highest BCUT2D eigenvalue weighted by atomic mass is 32.1. The summed E-state index contributed by atoms with van der Waals surface area (Å²) < 4.78 is 0. The van der Waals surface area contributed by atoms with Gasteiger partial charge in [0.2, 0.25) is 0 Å². The Bertz CT molecular complexity index is 203. The Hall–Kier alpha value is -0.740. The number of aryl methyl sites for hydroxylation is 1. The lowest BCUT2D eigenvalue weighted by molar-refractivity contribution is 0.871. The number of terminal acetylenes is 1. The largest absolute Gasteiger partial charge is 0.149 e. The van der Waals surface area contributed by atoms with Crippen LogP contribution in [0.4, 0.5) is 0 Å². The molecule has 0 N–H and O–H groups in total. The summed E-state index contributed by atoms with van der Waals surface area (Å²) >= 11 is 1.80. The third kappa shape index (κ3) is 2.24. The number of rotatable bonds is 3. The molecule has 0 aromatic carbocycles. The van der Waals surface area contributed by atoms with Crippen LogP contribution in [0.15, 0.2) is 17.5 Å². The highest BCUT2D eigenvalue weighted by molar-refractivity contribution is 7.09. The predicted molar refractivity (Wildman–Crippen MR) is 46.1 cm³/mol. The van der Waals surface area contributed by atoms with Gasteiger partial charge in [0.1, 0.15) is 0 Å². The van der Waals surface area contributed by atoms with Gasteiger partial charge in [0.05, 0.1) is 0 Å². The summed E-state index contributed by atoms with van der Waals surface area (Å²) in [5.74, 6) is 2.63. The molecular formula is C9H10S. The van der Waals surface area contributed by atoms with Crippen LogP contribution in [0, 0.1) is 12.3 Å². The molecule has 0 radical (unpaired) electrons. The molecule has 0 aliphatic carbocycles. The van der Waals surface area contributed by atoms with Crippen LogP contribution < -0.4 is 0 Å². The van der Waals surface area contributed by atoms with Crippen LogP contribution in [-0.4, -0.2) is 0 Å². The fraction of sp³-hybridized carbons (Fsp3) is 0.333. The summed E-state index contributed by atoms with van der Waals surface area (Å²) in [6.07, 6.45) is 8.28. The van der Waals surface area contributed by atoms with E-state index in [0.29, 0.717) is 0 Å². The highest BCUT2D eigenvalue weighted by Gasteiger charge is 1.90. The molecule has 1 aromatic heterocycles. The van der Waals surface area contributed by atoms with Gasteiger partial charge < -0.3 is 0 Å². The van der Waals surface area contributed by atoms with Crippen molar-refractivity contribution in [2.75, 3.05) is 0 Å². The maximum Gasteiger partial charge on any atom is 0.00895 e. The Kier molecular flexibility index (Phi) is 3.05. The van der Waals surface area contributed by atoms with Gasteiger partial charge in [-0.25, -0.2) is 0 Å². The van der Waals surface area contributed by atoms with E-state index in [4.69, 9.17) is 6.42 Å². The number of hydrogen-bond donors (Lipinski definition) is 0. The zero-order chi connectivity index (χ0) is 7.23. The van der Waals surface area contributed by atoms with E-state index in [-0.39, 0.29) is 0 Å². The average Bonchev–Trinajstić information content (AvgIpc) is 2.41. The lowest BCUT2D eigenvalue weighted by Crippen LogP contribution is -1.77. The van der Waals surface area contributed by atoms with Crippen molar-refractivity contribution in [1.82, 2.24) is 0 Å². The molecule has 1 heterocycles. The first-order chi connectivity index (χ1) is 4.93. The van der Waals surface area contributed by atoms with Crippen molar-refractivity contribution in [3.63, 3.8) is 0 Å². The molecule has 0 unspecified atom stereocenters. The average molecular weight is 150 g/mol. The van der Waals surface area contributed by atoms with Crippen LogP contribution in [0.25, 0.3) is 0 Å². The summed E-state index contributed by atoms with van der Waals surface area (Å²) in [6.45, 7) is 0. The van der Waals surface area contributed by atoms with E-state index in [1.807, 2.05) is 0 Å². The second-order valence-electron chi connectivity index (χ2n) is 2.14. The van der Waals surface area contributed by atoms with Gasteiger partial charge >= 0.3 is 0 Å². The second kappa shape index (κ2) is 4.14. The van der Waals surface area contributed by atoms with Crippen LogP contribution in [0.1, 0.15) is 17.7 Å². The first-order valence-electron chi connectivity index (χ1n) is 3.39. The third-order valence-corrected chi connectivity index (χ3v) is 2.26. The van der Waals surface area contributed by atoms with Crippen molar-refractivity contribution in [2.45, 2.75) is 19.3 Å². The number of unbranched alkanes of at least 4 members (excludes halogenated alkanes) is 1. The molecule has 10 heavy (non-hydrogen) atoms. The van der Waals surface area contributed by atoms with Gasteiger partial charge in [0.15, 0.2) is 0 Å². The maximum absolute atomic E-state index is 5.12. The predicted octanol–water partition coefficient (Wildman–Crippen LogP) is 2.70. The molecule has 0 saturated heterocycles. The highest BCUT2D eigenvalue weighted by Crippen LogP contribution is 2.11. The minimum absolute atomic E-state index is 0.901. The van der Waals surface area contributed by atoms with E-state index in [9.17, 15) is 0 Å². The Morgan fingerprint density at radius 2 is 2.50 bits per heavy atom. The zero-order valence-corrected chi connectivity index (χ0v) is 6.66. The van der Waals surface area contributed by atoms with E-state index in [0.717, 1.165) is 19.3 Å². The summed E-state index contributed by atoms with van der Waals surface area (Å²) in [7, 11) is 0. The zero-order valence-electron chi connectivity index (χ0n) is 5.84. The fourth-order valence-corrected chi connectivity index (χ4v) is 1.57. The lowest BCUT2D eigenvalue weighted by atomic mass is 10.2. The SMILES string of the molecule is C#CCCCc1cccs1. The van der Waals surface area contributed by atoms with Gasteiger partial charge in [-0.15, -0.1) is 23.7 Å². The minimum Gasteiger partial charge on any atom is -0.149 e. The normalized spacial score (nSPS) is 9.10. The molecule has 0 amide bonds. The van der Waals surface area contributed by atoms with E-state index in [1.54, 1.807) is 11.3 Å². The molecule has 0 spiro atoms. The standard InChI is InChI=1S/C9H10S/c1-2-3-4-6-9-7-5-8-10-9/h1,5,7-8H,3-4,6H2. The summed E-state index contributed by atoms with van der Waals surface area (Å²) in [4.78, 5) is 1.44. The van der Waals surface area contributed by atoms with Crippen molar-refractivity contribution in [1.29, 1.82) is 0 Å². The Labute approximate surface area is 65.9 Å². The molecule has 0 nitrogen and oxygen atoms in total.